The van der Waals surface area contributed by atoms with E-state index in [2.05, 4.69) is 18.2 Å². The van der Waals surface area contributed by atoms with Crippen molar-refractivity contribution in [1.29, 1.82) is 0 Å². The molecule has 0 atom stereocenters. The van der Waals surface area contributed by atoms with Gasteiger partial charge in [0.1, 0.15) is 0 Å². The van der Waals surface area contributed by atoms with Gasteiger partial charge in [-0.1, -0.05) is 43.0 Å². The monoisotopic (exact) mass is 239 g/mol. The van der Waals surface area contributed by atoms with Gasteiger partial charge in [0.2, 0.25) is 0 Å². The van der Waals surface area contributed by atoms with E-state index in [9.17, 15) is 13.2 Å². The third-order valence-corrected chi connectivity index (χ3v) is 2.13. The van der Waals surface area contributed by atoms with Gasteiger partial charge in [-0.15, -0.1) is 0 Å². The van der Waals surface area contributed by atoms with E-state index in [4.69, 9.17) is 0 Å². The number of benzene rings is 1. The molecule has 0 fully saturated rings. The molecule has 0 aliphatic heterocycles. The summed E-state index contributed by atoms with van der Waals surface area (Å²) in [6, 6.07) is 7.19. The van der Waals surface area contributed by atoms with Crippen LogP contribution >= 0.6 is 0 Å². The number of aliphatic imine (C=N–C) groups is 1. The number of nitrogens with zero attached hydrogens (tertiary/aromatic N) is 1. The maximum atomic E-state index is 12.1. The summed E-state index contributed by atoms with van der Waals surface area (Å²) in [7, 11) is 0. The van der Waals surface area contributed by atoms with E-state index >= 15 is 0 Å². The lowest BCUT2D eigenvalue weighted by Crippen LogP contribution is -2.11. The Bertz CT molecular complexity index is 453. The topological polar surface area (TPSA) is 12.4 Å². The summed E-state index contributed by atoms with van der Waals surface area (Å²) < 4.78 is 36.4. The predicted molar refractivity (Wildman–Crippen MR) is 63.9 cm³/mol. The highest BCUT2D eigenvalue weighted by Gasteiger charge is 2.30. The lowest BCUT2D eigenvalue weighted by Gasteiger charge is -2.05. The van der Waals surface area contributed by atoms with E-state index in [0.29, 0.717) is 11.8 Å². The van der Waals surface area contributed by atoms with Crippen molar-refractivity contribution in [3.63, 3.8) is 0 Å². The standard InChI is InChI=1S/C13H12F3N/c1-9-4-6-12(7-5-9)11(3)17-8-10(2)13(14,15)16/h4-8H,2-3H2,1H3. The fourth-order valence-electron chi connectivity index (χ4n) is 1.05. The zero-order chi connectivity index (χ0) is 13.1. The van der Waals surface area contributed by atoms with Crippen LogP contribution in [-0.2, 0) is 0 Å². The summed E-state index contributed by atoms with van der Waals surface area (Å²) in [5.41, 5.74) is 1.02. The summed E-state index contributed by atoms with van der Waals surface area (Å²) in [5.74, 6) is 0. The molecule has 0 aliphatic rings. The molecule has 1 aromatic rings. The van der Waals surface area contributed by atoms with Crippen molar-refractivity contribution in [2.45, 2.75) is 13.1 Å². The van der Waals surface area contributed by atoms with Gasteiger partial charge in [0.05, 0.1) is 11.3 Å². The second kappa shape index (κ2) is 4.99. The Labute approximate surface area is 98.0 Å². The number of halogens is 3. The summed E-state index contributed by atoms with van der Waals surface area (Å²) in [4.78, 5) is 3.65. The molecule has 1 nitrogen and oxygen atoms in total. The molecule has 0 amide bonds. The van der Waals surface area contributed by atoms with Gasteiger partial charge in [-0.3, -0.25) is 4.99 Å². The third kappa shape index (κ3) is 3.90. The van der Waals surface area contributed by atoms with Crippen LogP contribution in [0, 0.1) is 6.92 Å². The Balaban J connectivity index is 2.77. The third-order valence-electron chi connectivity index (χ3n) is 2.13. The van der Waals surface area contributed by atoms with Crippen LogP contribution in [0.2, 0.25) is 0 Å². The van der Waals surface area contributed by atoms with Gasteiger partial charge in [0, 0.05) is 6.21 Å². The van der Waals surface area contributed by atoms with Crippen molar-refractivity contribution in [2.75, 3.05) is 0 Å². The molecule has 0 aromatic heterocycles. The molecule has 0 aliphatic carbocycles. The van der Waals surface area contributed by atoms with Gasteiger partial charge >= 0.3 is 6.18 Å². The molecule has 90 valence electrons. The Kier molecular flexibility index (Phi) is 3.89. The summed E-state index contributed by atoms with van der Waals surface area (Å²) >= 11 is 0. The molecular weight excluding hydrogens is 227 g/mol. The Hall–Kier alpha value is -1.84. The molecule has 0 unspecified atom stereocenters. The van der Waals surface area contributed by atoms with Crippen LogP contribution in [0.1, 0.15) is 11.1 Å². The molecule has 0 N–H and O–H groups in total. The quantitative estimate of drug-likeness (QED) is 0.702. The number of hydrogen-bond donors (Lipinski definition) is 0. The largest absolute Gasteiger partial charge is 0.417 e. The van der Waals surface area contributed by atoms with Crippen LogP contribution in [0.15, 0.2) is 48.0 Å². The SMILES string of the molecule is C=C(N=CC(=C)C(F)(F)F)c1ccc(C)cc1. The molecule has 1 rings (SSSR count). The van der Waals surface area contributed by atoms with E-state index in [1.807, 2.05) is 19.1 Å². The van der Waals surface area contributed by atoms with Crippen molar-refractivity contribution >= 4 is 11.9 Å². The first-order valence-corrected chi connectivity index (χ1v) is 4.87. The zero-order valence-electron chi connectivity index (χ0n) is 9.38. The summed E-state index contributed by atoms with van der Waals surface area (Å²) in [6.45, 7) is 8.41. The van der Waals surface area contributed by atoms with E-state index in [1.165, 1.54) is 0 Å². The number of rotatable bonds is 3. The molecule has 0 radical (unpaired) electrons. The maximum absolute atomic E-state index is 12.1. The highest BCUT2D eigenvalue weighted by Crippen LogP contribution is 2.23. The van der Waals surface area contributed by atoms with Gasteiger partial charge in [-0.05, 0) is 12.5 Å². The van der Waals surface area contributed by atoms with Crippen molar-refractivity contribution < 1.29 is 13.2 Å². The van der Waals surface area contributed by atoms with Crippen LogP contribution in [0.5, 0.6) is 0 Å². The first-order valence-electron chi connectivity index (χ1n) is 4.87. The van der Waals surface area contributed by atoms with E-state index < -0.39 is 11.7 Å². The zero-order valence-corrected chi connectivity index (χ0v) is 9.38. The highest BCUT2D eigenvalue weighted by molar-refractivity contribution is 5.84. The lowest BCUT2D eigenvalue weighted by atomic mass is 10.1. The van der Waals surface area contributed by atoms with Crippen molar-refractivity contribution in [2.24, 2.45) is 4.99 Å². The van der Waals surface area contributed by atoms with Gasteiger partial charge in [-0.2, -0.15) is 13.2 Å². The van der Waals surface area contributed by atoms with Crippen LogP contribution in [0.4, 0.5) is 13.2 Å². The number of allylic oxidation sites excluding steroid dienone is 1. The molecule has 4 heteroatoms. The molecule has 1 aromatic carbocycles. The minimum atomic E-state index is -4.45. The predicted octanol–water partition coefficient (Wildman–Crippen LogP) is 4.16. The van der Waals surface area contributed by atoms with E-state index in [-0.39, 0.29) is 5.70 Å². The minimum absolute atomic E-state index is 0.274. The second-order valence-corrected chi connectivity index (χ2v) is 3.59. The second-order valence-electron chi connectivity index (χ2n) is 3.59. The first kappa shape index (κ1) is 13.2. The molecular formula is C13H12F3N. The molecule has 0 spiro atoms. The highest BCUT2D eigenvalue weighted by atomic mass is 19.4. The molecule has 17 heavy (non-hydrogen) atoms. The van der Waals surface area contributed by atoms with Gasteiger partial charge in [-0.25, -0.2) is 0 Å². The molecule has 0 saturated carbocycles. The lowest BCUT2D eigenvalue weighted by molar-refractivity contribution is -0.0852. The summed E-state index contributed by atoms with van der Waals surface area (Å²) in [5, 5.41) is 0. The molecule has 0 saturated heterocycles. The average Bonchev–Trinajstić information content (AvgIpc) is 2.25. The fourth-order valence-corrected chi connectivity index (χ4v) is 1.05. The van der Waals surface area contributed by atoms with Gasteiger partial charge in [0.15, 0.2) is 0 Å². The number of alkyl halides is 3. The Morgan fingerprint density at radius 1 is 1.18 bits per heavy atom. The molecule has 0 heterocycles. The van der Waals surface area contributed by atoms with Crippen LogP contribution in [-0.4, -0.2) is 12.4 Å². The Morgan fingerprint density at radius 3 is 2.18 bits per heavy atom. The number of hydrogen-bond acceptors (Lipinski definition) is 1. The van der Waals surface area contributed by atoms with Crippen molar-refractivity contribution in [3.8, 4) is 0 Å². The average molecular weight is 239 g/mol. The van der Waals surface area contributed by atoms with Crippen LogP contribution < -0.4 is 0 Å². The molecule has 0 bridgehead atoms. The number of aryl methyl sites for hydroxylation is 1. The first-order chi connectivity index (χ1) is 7.80. The van der Waals surface area contributed by atoms with Crippen LogP contribution in [0.25, 0.3) is 5.70 Å². The van der Waals surface area contributed by atoms with Gasteiger partial charge < -0.3 is 0 Å². The normalized spacial score (nSPS) is 11.8. The van der Waals surface area contributed by atoms with E-state index in [1.54, 1.807) is 12.1 Å². The van der Waals surface area contributed by atoms with E-state index in [0.717, 1.165) is 5.56 Å². The maximum Gasteiger partial charge on any atom is 0.417 e. The fraction of sp³-hybridized carbons (Fsp3) is 0.154. The minimum Gasteiger partial charge on any atom is -0.256 e. The summed E-state index contributed by atoms with van der Waals surface area (Å²) in [6.07, 6.45) is -3.76. The van der Waals surface area contributed by atoms with Crippen molar-refractivity contribution in [3.05, 3.63) is 54.1 Å². The van der Waals surface area contributed by atoms with Crippen molar-refractivity contribution in [1.82, 2.24) is 0 Å². The smallest absolute Gasteiger partial charge is 0.256 e. The van der Waals surface area contributed by atoms with Gasteiger partial charge in [0.25, 0.3) is 0 Å². The van der Waals surface area contributed by atoms with Crippen LogP contribution in [0.3, 0.4) is 0 Å². The Morgan fingerprint density at radius 2 is 1.71 bits per heavy atom.